The second-order valence-electron chi connectivity index (χ2n) is 7.48. The molecule has 4 aromatic rings. The number of aromatic nitrogens is 2. The van der Waals surface area contributed by atoms with Crippen LogP contribution in [0.1, 0.15) is 31.9 Å². The SMILES string of the molecule is Cc1ccc2c(Cl)c(-c3nnc(-c4ccc(C(C)(C)C)cc4)o3)sc2c1. The molecule has 0 fully saturated rings. The summed E-state index contributed by atoms with van der Waals surface area (Å²) in [6.07, 6.45) is 0. The lowest BCUT2D eigenvalue weighted by atomic mass is 9.87. The summed E-state index contributed by atoms with van der Waals surface area (Å²) < 4.78 is 7.05. The predicted molar refractivity (Wildman–Crippen MR) is 109 cm³/mol. The Labute approximate surface area is 161 Å². The van der Waals surface area contributed by atoms with E-state index in [0.29, 0.717) is 16.8 Å². The molecule has 0 radical (unpaired) electrons. The third-order valence-corrected chi connectivity index (χ3v) is 6.05. The average molecular weight is 383 g/mol. The van der Waals surface area contributed by atoms with Gasteiger partial charge in [-0.15, -0.1) is 21.5 Å². The predicted octanol–water partition coefficient (Wildman–Crippen LogP) is 6.88. The first kappa shape index (κ1) is 17.3. The summed E-state index contributed by atoms with van der Waals surface area (Å²) in [5.74, 6) is 0.967. The van der Waals surface area contributed by atoms with E-state index in [1.54, 1.807) is 11.3 Å². The van der Waals surface area contributed by atoms with Crippen LogP contribution >= 0.6 is 22.9 Å². The molecule has 5 heteroatoms. The Morgan fingerprint density at radius 3 is 2.35 bits per heavy atom. The van der Waals surface area contributed by atoms with E-state index in [0.717, 1.165) is 20.5 Å². The Morgan fingerprint density at radius 2 is 1.65 bits per heavy atom. The van der Waals surface area contributed by atoms with Gasteiger partial charge >= 0.3 is 0 Å². The van der Waals surface area contributed by atoms with Crippen LogP contribution in [0.2, 0.25) is 5.02 Å². The van der Waals surface area contributed by atoms with Crippen LogP contribution in [0.25, 0.3) is 32.3 Å². The van der Waals surface area contributed by atoms with Crippen LogP contribution in [0.3, 0.4) is 0 Å². The van der Waals surface area contributed by atoms with Crippen molar-refractivity contribution < 1.29 is 4.42 Å². The summed E-state index contributed by atoms with van der Waals surface area (Å²) in [5.41, 5.74) is 3.49. The molecule has 2 heterocycles. The molecule has 0 aliphatic rings. The van der Waals surface area contributed by atoms with Crippen molar-refractivity contribution in [2.24, 2.45) is 0 Å². The van der Waals surface area contributed by atoms with Gasteiger partial charge in [0.2, 0.25) is 5.89 Å². The largest absolute Gasteiger partial charge is 0.415 e. The number of hydrogen-bond acceptors (Lipinski definition) is 4. The summed E-state index contributed by atoms with van der Waals surface area (Å²) in [6, 6.07) is 14.5. The lowest BCUT2D eigenvalue weighted by Crippen LogP contribution is -2.10. The zero-order chi connectivity index (χ0) is 18.5. The Morgan fingerprint density at radius 1 is 0.962 bits per heavy atom. The zero-order valence-corrected chi connectivity index (χ0v) is 16.7. The van der Waals surface area contributed by atoms with Crippen LogP contribution < -0.4 is 0 Å². The molecule has 132 valence electrons. The first-order chi connectivity index (χ1) is 12.3. The molecule has 2 aromatic carbocycles. The Balaban J connectivity index is 1.71. The molecule has 26 heavy (non-hydrogen) atoms. The fourth-order valence-electron chi connectivity index (χ4n) is 2.85. The smallest absolute Gasteiger partial charge is 0.259 e. The van der Waals surface area contributed by atoms with Crippen molar-refractivity contribution in [1.82, 2.24) is 10.2 Å². The van der Waals surface area contributed by atoms with E-state index in [2.05, 4.69) is 62.2 Å². The molecule has 0 N–H and O–H groups in total. The topological polar surface area (TPSA) is 38.9 Å². The van der Waals surface area contributed by atoms with Crippen LogP contribution in [0.5, 0.6) is 0 Å². The number of nitrogens with zero attached hydrogens (tertiary/aromatic N) is 2. The van der Waals surface area contributed by atoms with Gasteiger partial charge in [0, 0.05) is 15.6 Å². The minimum absolute atomic E-state index is 0.112. The summed E-state index contributed by atoms with van der Waals surface area (Å²) >= 11 is 8.13. The van der Waals surface area contributed by atoms with Crippen LogP contribution in [0.4, 0.5) is 0 Å². The van der Waals surface area contributed by atoms with E-state index in [1.165, 1.54) is 11.1 Å². The number of fused-ring (bicyclic) bond motifs is 1. The van der Waals surface area contributed by atoms with E-state index in [1.807, 2.05) is 18.2 Å². The summed E-state index contributed by atoms with van der Waals surface area (Å²) in [4.78, 5) is 0.817. The number of aryl methyl sites for hydroxylation is 1. The first-order valence-electron chi connectivity index (χ1n) is 8.46. The first-order valence-corrected chi connectivity index (χ1v) is 9.66. The maximum atomic E-state index is 6.55. The molecule has 0 atom stereocenters. The molecule has 2 aromatic heterocycles. The molecule has 0 amide bonds. The molecular weight excluding hydrogens is 364 g/mol. The third-order valence-electron chi connectivity index (χ3n) is 4.40. The highest BCUT2D eigenvalue weighted by Gasteiger charge is 2.19. The van der Waals surface area contributed by atoms with Gasteiger partial charge in [0.1, 0.15) is 4.88 Å². The zero-order valence-electron chi connectivity index (χ0n) is 15.1. The van der Waals surface area contributed by atoms with E-state index >= 15 is 0 Å². The third kappa shape index (κ3) is 3.04. The van der Waals surface area contributed by atoms with Gasteiger partial charge in [0.25, 0.3) is 5.89 Å². The Kier molecular flexibility index (Phi) is 4.13. The van der Waals surface area contributed by atoms with Crippen molar-refractivity contribution in [2.45, 2.75) is 33.1 Å². The number of thiophene rings is 1. The van der Waals surface area contributed by atoms with E-state index in [9.17, 15) is 0 Å². The van der Waals surface area contributed by atoms with Gasteiger partial charge in [0.05, 0.1) is 5.02 Å². The molecule has 4 rings (SSSR count). The van der Waals surface area contributed by atoms with Crippen LogP contribution in [-0.2, 0) is 5.41 Å². The van der Waals surface area contributed by atoms with E-state index < -0.39 is 0 Å². The number of rotatable bonds is 2. The lowest BCUT2D eigenvalue weighted by Gasteiger charge is -2.18. The van der Waals surface area contributed by atoms with Crippen molar-refractivity contribution in [2.75, 3.05) is 0 Å². The summed E-state index contributed by atoms with van der Waals surface area (Å²) in [7, 11) is 0. The number of hydrogen-bond donors (Lipinski definition) is 0. The number of benzene rings is 2. The average Bonchev–Trinajstić information content (AvgIpc) is 3.19. The minimum atomic E-state index is 0.112. The molecule has 0 spiro atoms. The lowest BCUT2D eigenvalue weighted by molar-refractivity contribution is 0.583. The second kappa shape index (κ2) is 6.22. The summed E-state index contributed by atoms with van der Waals surface area (Å²) in [6.45, 7) is 8.65. The van der Waals surface area contributed by atoms with Crippen molar-refractivity contribution in [3.8, 4) is 22.2 Å². The highest BCUT2D eigenvalue weighted by Crippen LogP contribution is 2.42. The van der Waals surface area contributed by atoms with Crippen LogP contribution in [0.15, 0.2) is 46.9 Å². The van der Waals surface area contributed by atoms with Crippen molar-refractivity contribution in [1.29, 1.82) is 0 Å². The normalized spacial score (nSPS) is 12.0. The molecular formula is C21H19ClN2OS. The molecule has 0 bridgehead atoms. The molecule has 0 saturated heterocycles. The van der Waals surface area contributed by atoms with E-state index in [-0.39, 0.29) is 5.41 Å². The minimum Gasteiger partial charge on any atom is -0.415 e. The van der Waals surface area contributed by atoms with Crippen LogP contribution in [0, 0.1) is 6.92 Å². The second-order valence-corrected chi connectivity index (χ2v) is 8.91. The highest BCUT2D eigenvalue weighted by atomic mass is 35.5. The maximum Gasteiger partial charge on any atom is 0.259 e. The monoisotopic (exact) mass is 382 g/mol. The molecule has 0 unspecified atom stereocenters. The quantitative estimate of drug-likeness (QED) is 0.379. The van der Waals surface area contributed by atoms with Gasteiger partial charge in [-0.1, -0.05) is 56.6 Å². The molecule has 0 aliphatic heterocycles. The molecule has 0 aliphatic carbocycles. The molecule has 3 nitrogen and oxygen atoms in total. The fraction of sp³-hybridized carbons (Fsp3) is 0.238. The van der Waals surface area contributed by atoms with Gasteiger partial charge in [-0.2, -0.15) is 0 Å². The van der Waals surface area contributed by atoms with Crippen molar-refractivity contribution in [3.05, 3.63) is 58.6 Å². The molecule has 0 saturated carbocycles. The van der Waals surface area contributed by atoms with Gasteiger partial charge in [-0.25, -0.2) is 0 Å². The van der Waals surface area contributed by atoms with Gasteiger partial charge in [-0.05, 0) is 41.7 Å². The van der Waals surface area contributed by atoms with Crippen LogP contribution in [-0.4, -0.2) is 10.2 Å². The highest BCUT2D eigenvalue weighted by molar-refractivity contribution is 7.23. The fourth-order valence-corrected chi connectivity index (χ4v) is 4.39. The van der Waals surface area contributed by atoms with Crippen molar-refractivity contribution >= 4 is 33.0 Å². The summed E-state index contributed by atoms with van der Waals surface area (Å²) in [5, 5.41) is 10.1. The Hall–Kier alpha value is -2.17. The number of halogens is 1. The maximum absolute atomic E-state index is 6.55. The van der Waals surface area contributed by atoms with Crippen molar-refractivity contribution in [3.63, 3.8) is 0 Å². The van der Waals surface area contributed by atoms with Gasteiger partial charge in [-0.3, -0.25) is 0 Å². The standard InChI is InChI=1S/C21H19ClN2OS/c1-12-5-10-15-16(11-12)26-18(17(15)22)20-24-23-19(25-20)13-6-8-14(9-7-13)21(2,3)4/h5-11H,1-4H3. The van der Waals surface area contributed by atoms with E-state index in [4.69, 9.17) is 16.0 Å². The van der Waals surface area contributed by atoms with Gasteiger partial charge < -0.3 is 4.42 Å². The Bertz CT molecular complexity index is 1090. The van der Waals surface area contributed by atoms with Gasteiger partial charge in [0.15, 0.2) is 0 Å².